The van der Waals surface area contributed by atoms with Gasteiger partial charge in [-0.05, 0) is 32.6 Å². The minimum atomic E-state index is -0.0900. The van der Waals surface area contributed by atoms with Gasteiger partial charge in [-0.1, -0.05) is 19.0 Å². The summed E-state index contributed by atoms with van der Waals surface area (Å²) in [6, 6.07) is 1.97. The molecule has 6 nitrogen and oxygen atoms in total. The van der Waals surface area contributed by atoms with E-state index in [-0.39, 0.29) is 5.60 Å². The fraction of sp³-hybridized carbons (Fsp3) is 0.750. The summed E-state index contributed by atoms with van der Waals surface area (Å²) in [4.78, 5) is 4.55. The zero-order chi connectivity index (χ0) is 16.0. The zero-order valence-electron chi connectivity index (χ0n) is 14.1. The third-order valence-electron chi connectivity index (χ3n) is 3.84. The summed E-state index contributed by atoms with van der Waals surface area (Å²) in [5.41, 5.74) is 0.878. The second kappa shape index (κ2) is 7.63. The first-order chi connectivity index (χ1) is 10.5. The van der Waals surface area contributed by atoms with Crippen LogP contribution in [0.2, 0.25) is 0 Å². The molecule has 2 heterocycles. The fourth-order valence-corrected chi connectivity index (χ4v) is 2.42. The second-order valence-electron chi connectivity index (χ2n) is 6.32. The molecule has 1 unspecified atom stereocenters. The van der Waals surface area contributed by atoms with E-state index in [1.54, 1.807) is 0 Å². The van der Waals surface area contributed by atoms with Crippen LogP contribution in [0.4, 0.5) is 0 Å². The highest BCUT2D eigenvalue weighted by atomic mass is 16.5. The Hall–Kier alpha value is -1.56. The van der Waals surface area contributed by atoms with Gasteiger partial charge in [0.1, 0.15) is 6.54 Å². The van der Waals surface area contributed by atoms with E-state index in [0.717, 1.165) is 50.0 Å². The number of aromatic nitrogens is 1. The van der Waals surface area contributed by atoms with Crippen molar-refractivity contribution in [3.05, 3.63) is 17.5 Å². The van der Waals surface area contributed by atoms with E-state index in [1.165, 1.54) is 0 Å². The van der Waals surface area contributed by atoms with Gasteiger partial charge in [-0.25, -0.2) is 4.99 Å². The van der Waals surface area contributed by atoms with Crippen LogP contribution in [-0.2, 0) is 11.3 Å². The maximum absolute atomic E-state index is 5.79. The molecule has 0 aliphatic carbocycles. The number of hydrogen-bond acceptors (Lipinski definition) is 4. The molecule has 1 aromatic heterocycles. The first kappa shape index (κ1) is 16.8. The number of nitrogens with one attached hydrogen (secondary N) is 2. The van der Waals surface area contributed by atoms with E-state index >= 15 is 0 Å². The van der Waals surface area contributed by atoms with Gasteiger partial charge in [-0.2, -0.15) is 0 Å². The summed E-state index contributed by atoms with van der Waals surface area (Å²) in [6.45, 7) is 11.3. The SMILES string of the molecule is CCNC(=NCc1cc(C(C)C)no1)NCC1(C)CCCO1. The van der Waals surface area contributed by atoms with E-state index in [1.807, 2.05) is 6.07 Å². The van der Waals surface area contributed by atoms with Gasteiger partial charge in [-0.3, -0.25) is 0 Å². The van der Waals surface area contributed by atoms with Crippen molar-refractivity contribution in [3.63, 3.8) is 0 Å². The zero-order valence-corrected chi connectivity index (χ0v) is 14.1. The maximum Gasteiger partial charge on any atom is 0.191 e. The molecule has 0 saturated carbocycles. The molecule has 1 fully saturated rings. The smallest absolute Gasteiger partial charge is 0.191 e. The molecule has 0 bridgehead atoms. The van der Waals surface area contributed by atoms with E-state index in [2.05, 4.69) is 48.5 Å². The summed E-state index contributed by atoms with van der Waals surface area (Å²) < 4.78 is 11.1. The van der Waals surface area contributed by atoms with Crippen LogP contribution in [0.5, 0.6) is 0 Å². The predicted octanol–water partition coefficient (Wildman–Crippen LogP) is 2.42. The van der Waals surface area contributed by atoms with Crippen molar-refractivity contribution >= 4 is 5.96 Å². The predicted molar refractivity (Wildman–Crippen MR) is 87.0 cm³/mol. The highest BCUT2D eigenvalue weighted by molar-refractivity contribution is 5.79. The van der Waals surface area contributed by atoms with E-state index in [4.69, 9.17) is 9.26 Å². The number of hydrogen-bond donors (Lipinski definition) is 2. The van der Waals surface area contributed by atoms with Gasteiger partial charge in [0.25, 0.3) is 0 Å². The van der Waals surface area contributed by atoms with Gasteiger partial charge in [-0.15, -0.1) is 0 Å². The van der Waals surface area contributed by atoms with E-state index in [0.29, 0.717) is 12.5 Å². The Morgan fingerprint density at radius 3 is 2.86 bits per heavy atom. The molecule has 1 aromatic rings. The molecule has 6 heteroatoms. The minimum Gasteiger partial charge on any atom is -0.373 e. The third-order valence-corrected chi connectivity index (χ3v) is 3.84. The number of aliphatic imine (C=N–C) groups is 1. The topological polar surface area (TPSA) is 71.7 Å². The van der Waals surface area contributed by atoms with E-state index in [9.17, 15) is 0 Å². The minimum absolute atomic E-state index is 0.0900. The Labute approximate surface area is 132 Å². The summed E-state index contributed by atoms with van der Waals surface area (Å²) in [6.07, 6.45) is 2.21. The molecular formula is C16H28N4O2. The quantitative estimate of drug-likeness (QED) is 0.624. The van der Waals surface area contributed by atoms with Gasteiger partial charge >= 0.3 is 0 Å². The van der Waals surface area contributed by atoms with Crippen LogP contribution in [0, 0.1) is 0 Å². The highest BCUT2D eigenvalue weighted by Crippen LogP contribution is 2.23. The second-order valence-corrected chi connectivity index (χ2v) is 6.32. The average molecular weight is 308 g/mol. The van der Waals surface area contributed by atoms with Crippen LogP contribution < -0.4 is 10.6 Å². The van der Waals surface area contributed by atoms with Crippen molar-refractivity contribution in [2.75, 3.05) is 19.7 Å². The molecule has 22 heavy (non-hydrogen) atoms. The monoisotopic (exact) mass is 308 g/mol. The molecule has 2 rings (SSSR count). The Kier molecular flexibility index (Phi) is 5.83. The van der Waals surface area contributed by atoms with Crippen molar-refractivity contribution in [2.24, 2.45) is 4.99 Å². The summed E-state index contributed by atoms with van der Waals surface area (Å²) in [5.74, 6) is 1.93. The van der Waals surface area contributed by atoms with Crippen LogP contribution >= 0.6 is 0 Å². The van der Waals surface area contributed by atoms with Crippen molar-refractivity contribution in [1.82, 2.24) is 15.8 Å². The molecule has 0 amide bonds. The van der Waals surface area contributed by atoms with Gasteiger partial charge < -0.3 is 19.9 Å². The lowest BCUT2D eigenvalue weighted by Gasteiger charge is -2.24. The molecule has 0 spiro atoms. The van der Waals surface area contributed by atoms with Crippen LogP contribution in [0.25, 0.3) is 0 Å². The van der Waals surface area contributed by atoms with Gasteiger partial charge in [0.05, 0.1) is 11.3 Å². The first-order valence-electron chi connectivity index (χ1n) is 8.14. The molecule has 0 aromatic carbocycles. The van der Waals surface area contributed by atoms with Crippen molar-refractivity contribution < 1.29 is 9.26 Å². The van der Waals surface area contributed by atoms with Crippen LogP contribution in [0.3, 0.4) is 0 Å². The lowest BCUT2D eigenvalue weighted by atomic mass is 10.0. The summed E-state index contributed by atoms with van der Waals surface area (Å²) in [7, 11) is 0. The lowest BCUT2D eigenvalue weighted by Crippen LogP contribution is -2.45. The average Bonchev–Trinajstić information content (AvgIpc) is 3.11. The number of guanidine groups is 1. The molecule has 1 aliphatic rings. The standard InChI is InChI=1S/C16H28N4O2/c1-5-17-15(19-11-16(4)7-6-8-21-16)18-10-13-9-14(12(2)3)20-22-13/h9,12H,5-8,10-11H2,1-4H3,(H2,17,18,19). The Morgan fingerprint density at radius 2 is 2.27 bits per heavy atom. The molecule has 0 radical (unpaired) electrons. The Bertz CT molecular complexity index is 490. The van der Waals surface area contributed by atoms with Crippen LogP contribution in [0.15, 0.2) is 15.6 Å². The molecule has 2 N–H and O–H groups in total. The van der Waals surface area contributed by atoms with Gasteiger partial charge in [0.15, 0.2) is 11.7 Å². The maximum atomic E-state index is 5.79. The van der Waals surface area contributed by atoms with Gasteiger partial charge in [0.2, 0.25) is 0 Å². The molecule has 1 aliphatic heterocycles. The number of ether oxygens (including phenoxy) is 1. The molecular weight excluding hydrogens is 280 g/mol. The molecule has 1 saturated heterocycles. The summed E-state index contributed by atoms with van der Waals surface area (Å²) in [5, 5.41) is 10.7. The fourth-order valence-electron chi connectivity index (χ4n) is 2.42. The summed E-state index contributed by atoms with van der Waals surface area (Å²) >= 11 is 0. The molecule has 124 valence electrons. The Morgan fingerprint density at radius 1 is 1.45 bits per heavy atom. The Balaban J connectivity index is 1.91. The lowest BCUT2D eigenvalue weighted by molar-refractivity contribution is 0.0243. The van der Waals surface area contributed by atoms with Crippen molar-refractivity contribution in [1.29, 1.82) is 0 Å². The van der Waals surface area contributed by atoms with E-state index < -0.39 is 0 Å². The highest BCUT2D eigenvalue weighted by Gasteiger charge is 2.29. The van der Waals surface area contributed by atoms with Crippen molar-refractivity contribution in [3.8, 4) is 0 Å². The normalized spacial score (nSPS) is 22.3. The third kappa shape index (κ3) is 4.73. The van der Waals surface area contributed by atoms with Crippen LogP contribution in [0.1, 0.15) is 57.9 Å². The van der Waals surface area contributed by atoms with Gasteiger partial charge in [0, 0.05) is 25.8 Å². The van der Waals surface area contributed by atoms with Crippen LogP contribution in [-0.4, -0.2) is 36.4 Å². The number of rotatable bonds is 6. The molecule has 1 atom stereocenters. The first-order valence-corrected chi connectivity index (χ1v) is 8.14. The van der Waals surface area contributed by atoms with Crippen molar-refractivity contribution in [2.45, 2.75) is 58.6 Å². The largest absolute Gasteiger partial charge is 0.373 e. The number of nitrogens with zero attached hydrogens (tertiary/aromatic N) is 2.